The summed E-state index contributed by atoms with van der Waals surface area (Å²) in [6.07, 6.45) is 1.30. The molecule has 0 aliphatic heterocycles. The number of rotatable bonds is 9. The maximum Gasteiger partial charge on any atom is 0.328 e. The molecule has 1 aromatic rings. The second-order valence-electron chi connectivity index (χ2n) is 6.17. The summed E-state index contributed by atoms with van der Waals surface area (Å²) in [6.45, 7) is 7.68. The van der Waals surface area contributed by atoms with Crippen LogP contribution in [0.25, 0.3) is 0 Å². The summed E-state index contributed by atoms with van der Waals surface area (Å²) in [7, 11) is 0. The van der Waals surface area contributed by atoms with Crippen LogP contribution in [0.5, 0.6) is 0 Å². The first kappa shape index (κ1) is 24.9. The normalized spacial score (nSPS) is 11.7. The minimum atomic E-state index is -0.735. The molecule has 4 N–H and O–H groups in total. The largest absolute Gasteiger partial charge is 0.464 e. The maximum absolute atomic E-state index is 12.5. The Morgan fingerprint density at radius 2 is 1.67 bits per heavy atom. The SMILES string of the molecule is CCOC(=O)C(C)NC(=O)c1ccc(NC(=O)C(CC)(CC)CN)cc1.Cl. The van der Waals surface area contributed by atoms with Gasteiger partial charge in [-0.1, -0.05) is 13.8 Å². The van der Waals surface area contributed by atoms with Gasteiger partial charge < -0.3 is 21.1 Å². The first-order valence-corrected chi connectivity index (χ1v) is 8.92. The number of carbonyl (C=O) groups is 3. The lowest BCUT2D eigenvalue weighted by molar-refractivity contribution is -0.144. The van der Waals surface area contributed by atoms with Crippen molar-refractivity contribution in [1.82, 2.24) is 5.32 Å². The van der Waals surface area contributed by atoms with Crippen LogP contribution in [0, 0.1) is 5.41 Å². The van der Waals surface area contributed by atoms with Gasteiger partial charge in [0.25, 0.3) is 5.91 Å². The van der Waals surface area contributed by atoms with Crippen molar-refractivity contribution >= 4 is 35.9 Å². The fraction of sp³-hybridized carbons (Fsp3) is 0.526. The lowest BCUT2D eigenvalue weighted by Gasteiger charge is -2.28. The molecule has 0 aliphatic carbocycles. The minimum Gasteiger partial charge on any atom is -0.464 e. The Morgan fingerprint density at radius 1 is 1.11 bits per heavy atom. The van der Waals surface area contributed by atoms with E-state index in [1.165, 1.54) is 0 Å². The highest BCUT2D eigenvalue weighted by Crippen LogP contribution is 2.27. The average Bonchev–Trinajstić information content (AvgIpc) is 2.64. The van der Waals surface area contributed by atoms with Crippen LogP contribution in [0.1, 0.15) is 50.9 Å². The average molecular weight is 400 g/mol. The fourth-order valence-electron chi connectivity index (χ4n) is 2.53. The summed E-state index contributed by atoms with van der Waals surface area (Å²) in [5.74, 6) is -0.998. The fourth-order valence-corrected chi connectivity index (χ4v) is 2.53. The number of carbonyl (C=O) groups excluding carboxylic acids is 3. The van der Waals surface area contributed by atoms with Gasteiger partial charge in [0.05, 0.1) is 12.0 Å². The summed E-state index contributed by atoms with van der Waals surface area (Å²) in [6, 6.07) is 5.74. The Bertz CT molecular complexity index is 622. The van der Waals surface area contributed by atoms with Gasteiger partial charge in [0.15, 0.2) is 0 Å². The van der Waals surface area contributed by atoms with Crippen molar-refractivity contribution in [1.29, 1.82) is 0 Å². The number of halogens is 1. The predicted molar refractivity (Wildman–Crippen MR) is 108 cm³/mol. The molecule has 1 atom stereocenters. The molecule has 0 fully saturated rings. The first-order valence-electron chi connectivity index (χ1n) is 8.92. The van der Waals surface area contributed by atoms with Crippen LogP contribution in [0.4, 0.5) is 5.69 Å². The molecule has 152 valence electrons. The van der Waals surface area contributed by atoms with Gasteiger partial charge >= 0.3 is 5.97 Å². The van der Waals surface area contributed by atoms with Gasteiger partial charge in [-0.15, -0.1) is 12.4 Å². The zero-order valence-corrected chi connectivity index (χ0v) is 17.2. The van der Waals surface area contributed by atoms with Crippen molar-refractivity contribution in [2.75, 3.05) is 18.5 Å². The molecule has 0 saturated carbocycles. The van der Waals surface area contributed by atoms with Crippen molar-refractivity contribution in [3.8, 4) is 0 Å². The van der Waals surface area contributed by atoms with Crippen molar-refractivity contribution in [2.24, 2.45) is 11.1 Å². The summed E-state index contributed by atoms with van der Waals surface area (Å²) < 4.78 is 4.86. The van der Waals surface area contributed by atoms with Gasteiger partial charge in [-0.3, -0.25) is 9.59 Å². The number of nitrogens with two attached hydrogens (primary N) is 1. The molecule has 27 heavy (non-hydrogen) atoms. The van der Waals surface area contributed by atoms with Crippen molar-refractivity contribution < 1.29 is 19.1 Å². The Balaban J connectivity index is 0.00000676. The molecule has 0 aliphatic rings. The molecular formula is C19H30ClN3O4. The zero-order chi connectivity index (χ0) is 19.7. The van der Waals surface area contributed by atoms with Gasteiger partial charge in [0.2, 0.25) is 5.91 Å². The topological polar surface area (TPSA) is 111 Å². The Morgan fingerprint density at radius 3 is 2.11 bits per heavy atom. The minimum absolute atomic E-state index is 0. The summed E-state index contributed by atoms with van der Waals surface area (Å²) in [5.41, 5.74) is 6.17. The highest BCUT2D eigenvalue weighted by molar-refractivity contribution is 5.98. The molecule has 1 aromatic carbocycles. The lowest BCUT2D eigenvalue weighted by atomic mass is 9.81. The van der Waals surface area contributed by atoms with Crippen LogP contribution in [0.15, 0.2) is 24.3 Å². The third-order valence-electron chi connectivity index (χ3n) is 4.62. The molecule has 1 unspecified atom stereocenters. The number of hydrogen-bond acceptors (Lipinski definition) is 5. The van der Waals surface area contributed by atoms with Gasteiger partial charge in [0, 0.05) is 17.8 Å². The van der Waals surface area contributed by atoms with Gasteiger partial charge in [-0.05, 0) is 51.0 Å². The number of esters is 1. The number of benzene rings is 1. The molecule has 8 heteroatoms. The Hall–Kier alpha value is -2.12. The van der Waals surface area contributed by atoms with E-state index in [0.717, 1.165) is 0 Å². The third kappa shape index (κ3) is 6.52. The van der Waals surface area contributed by atoms with Crippen LogP contribution in [0.3, 0.4) is 0 Å². The molecule has 0 aromatic heterocycles. The van der Waals surface area contributed by atoms with E-state index in [1.54, 1.807) is 38.1 Å². The smallest absolute Gasteiger partial charge is 0.328 e. The van der Waals surface area contributed by atoms with E-state index in [1.807, 2.05) is 13.8 Å². The number of nitrogens with one attached hydrogen (secondary N) is 2. The zero-order valence-electron chi connectivity index (χ0n) is 16.3. The van der Waals surface area contributed by atoms with Crippen molar-refractivity contribution in [3.05, 3.63) is 29.8 Å². The van der Waals surface area contributed by atoms with Crippen LogP contribution < -0.4 is 16.4 Å². The van der Waals surface area contributed by atoms with Gasteiger partial charge in [-0.2, -0.15) is 0 Å². The summed E-state index contributed by atoms with van der Waals surface area (Å²) >= 11 is 0. The standard InChI is InChI=1S/C19H29N3O4.ClH/c1-5-19(6-2,12-20)18(25)22-15-10-8-14(9-11-15)16(23)21-13(4)17(24)26-7-3;/h8-11,13H,5-7,12,20H2,1-4H3,(H,21,23)(H,22,25);1H. The molecular weight excluding hydrogens is 370 g/mol. The van der Waals surface area contributed by atoms with E-state index in [4.69, 9.17) is 10.5 Å². The third-order valence-corrected chi connectivity index (χ3v) is 4.62. The molecule has 1 rings (SSSR count). The van der Waals surface area contributed by atoms with E-state index in [0.29, 0.717) is 24.1 Å². The number of anilines is 1. The van der Waals surface area contributed by atoms with E-state index in [-0.39, 0.29) is 37.4 Å². The Labute approximate surface area is 166 Å². The number of amides is 2. The highest BCUT2D eigenvalue weighted by atomic mass is 35.5. The highest BCUT2D eigenvalue weighted by Gasteiger charge is 2.33. The molecule has 0 radical (unpaired) electrons. The lowest BCUT2D eigenvalue weighted by Crippen LogP contribution is -2.41. The molecule has 2 amide bonds. The molecule has 0 spiro atoms. The number of ether oxygens (including phenoxy) is 1. The van der Waals surface area contributed by atoms with Gasteiger partial charge in [-0.25, -0.2) is 4.79 Å². The van der Waals surface area contributed by atoms with E-state index in [9.17, 15) is 14.4 Å². The van der Waals surface area contributed by atoms with Crippen LogP contribution >= 0.6 is 12.4 Å². The van der Waals surface area contributed by atoms with E-state index < -0.39 is 17.4 Å². The molecule has 0 heterocycles. The summed E-state index contributed by atoms with van der Waals surface area (Å²) in [4.78, 5) is 36.2. The van der Waals surface area contributed by atoms with Crippen LogP contribution in [-0.4, -0.2) is 37.0 Å². The maximum atomic E-state index is 12.5. The second-order valence-corrected chi connectivity index (χ2v) is 6.17. The molecule has 0 bridgehead atoms. The van der Waals surface area contributed by atoms with Crippen molar-refractivity contribution in [3.63, 3.8) is 0 Å². The predicted octanol–water partition coefficient (Wildman–Crippen LogP) is 2.49. The van der Waals surface area contributed by atoms with E-state index >= 15 is 0 Å². The first-order chi connectivity index (χ1) is 12.3. The van der Waals surface area contributed by atoms with Gasteiger partial charge in [0.1, 0.15) is 6.04 Å². The number of hydrogen-bond donors (Lipinski definition) is 3. The molecule has 0 saturated heterocycles. The van der Waals surface area contributed by atoms with Crippen LogP contribution in [0.2, 0.25) is 0 Å². The monoisotopic (exact) mass is 399 g/mol. The Kier molecular flexibility index (Phi) is 10.7. The van der Waals surface area contributed by atoms with E-state index in [2.05, 4.69) is 10.6 Å². The van der Waals surface area contributed by atoms with Crippen LogP contribution in [-0.2, 0) is 14.3 Å². The second kappa shape index (κ2) is 11.6. The quantitative estimate of drug-likeness (QED) is 0.552. The summed E-state index contributed by atoms with van der Waals surface area (Å²) in [5, 5.41) is 5.43. The molecule has 7 nitrogen and oxygen atoms in total. The van der Waals surface area contributed by atoms with Crippen molar-refractivity contribution in [2.45, 2.75) is 46.6 Å².